The minimum absolute atomic E-state index is 0.254. The number of nitrogens with one attached hydrogen (secondary N) is 2. The van der Waals surface area contributed by atoms with Gasteiger partial charge in [0.2, 0.25) is 0 Å². The van der Waals surface area contributed by atoms with E-state index in [1.54, 1.807) is 0 Å². The fourth-order valence-corrected chi connectivity index (χ4v) is 4.03. The molecule has 0 amide bonds. The van der Waals surface area contributed by atoms with Gasteiger partial charge in [0.25, 0.3) is 0 Å². The van der Waals surface area contributed by atoms with Gasteiger partial charge in [-0.25, -0.2) is 0 Å². The molecule has 0 aliphatic carbocycles. The van der Waals surface area contributed by atoms with Crippen LogP contribution in [0.3, 0.4) is 0 Å². The summed E-state index contributed by atoms with van der Waals surface area (Å²) < 4.78 is 0. The van der Waals surface area contributed by atoms with Crippen molar-refractivity contribution in [2.24, 2.45) is 5.73 Å². The lowest BCUT2D eigenvalue weighted by atomic mass is 9.84. The van der Waals surface area contributed by atoms with Crippen molar-refractivity contribution < 1.29 is 0 Å². The molecule has 0 spiro atoms. The first-order valence-electron chi connectivity index (χ1n) is 8.78. The zero-order chi connectivity index (χ0) is 15.6. The Morgan fingerprint density at radius 3 is 2.48 bits per heavy atom. The largest absolute Gasteiger partial charge is 0.368 e. The number of hydrogen-bond acceptors (Lipinski definition) is 4. The summed E-state index contributed by atoms with van der Waals surface area (Å²) in [5.74, 6) is 0.408. The molecule has 2 aliphatic heterocycles. The van der Waals surface area contributed by atoms with Crippen molar-refractivity contribution in [2.75, 3.05) is 44.2 Å². The van der Waals surface area contributed by atoms with E-state index in [1.165, 1.54) is 22.0 Å². The summed E-state index contributed by atoms with van der Waals surface area (Å²) in [6.45, 7) is 6.30. The van der Waals surface area contributed by atoms with Crippen LogP contribution >= 0.6 is 0 Å². The SMILES string of the molecule is NC1CCNCC1c1ccc(N2CCNCC2)c2ccccc12. The second-order valence-corrected chi connectivity index (χ2v) is 6.72. The van der Waals surface area contributed by atoms with Crippen LogP contribution in [-0.4, -0.2) is 45.3 Å². The van der Waals surface area contributed by atoms with Gasteiger partial charge < -0.3 is 21.3 Å². The zero-order valence-electron chi connectivity index (χ0n) is 13.6. The van der Waals surface area contributed by atoms with E-state index in [9.17, 15) is 0 Å². The molecule has 2 aromatic rings. The average Bonchev–Trinajstić information content (AvgIpc) is 2.62. The number of benzene rings is 2. The summed E-state index contributed by atoms with van der Waals surface area (Å²) in [5.41, 5.74) is 9.19. The lowest BCUT2D eigenvalue weighted by molar-refractivity contribution is 0.404. The van der Waals surface area contributed by atoms with Crippen molar-refractivity contribution in [3.05, 3.63) is 42.0 Å². The normalized spacial score (nSPS) is 25.7. The predicted molar refractivity (Wildman–Crippen MR) is 97.2 cm³/mol. The van der Waals surface area contributed by atoms with E-state index >= 15 is 0 Å². The molecule has 2 unspecified atom stereocenters. The molecule has 4 nitrogen and oxygen atoms in total. The van der Waals surface area contributed by atoms with Crippen LogP contribution in [-0.2, 0) is 0 Å². The summed E-state index contributed by atoms with van der Waals surface area (Å²) in [6, 6.07) is 13.7. The van der Waals surface area contributed by atoms with Crippen LogP contribution in [0.1, 0.15) is 17.9 Å². The van der Waals surface area contributed by atoms with Gasteiger partial charge in [-0.2, -0.15) is 0 Å². The van der Waals surface area contributed by atoms with Crippen LogP contribution in [0.15, 0.2) is 36.4 Å². The zero-order valence-corrected chi connectivity index (χ0v) is 13.6. The fraction of sp³-hybridized carbons (Fsp3) is 0.474. The van der Waals surface area contributed by atoms with Gasteiger partial charge in [0.15, 0.2) is 0 Å². The average molecular weight is 310 g/mol. The number of piperazine rings is 1. The number of hydrogen-bond donors (Lipinski definition) is 3. The molecule has 0 bridgehead atoms. The summed E-state index contributed by atoms with van der Waals surface area (Å²) in [7, 11) is 0. The molecule has 4 rings (SSSR count). The molecule has 2 heterocycles. The van der Waals surface area contributed by atoms with Gasteiger partial charge in [0, 0.05) is 55.8 Å². The van der Waals surface area contributed by atoms with E-state index in [2.05, 4.69) is 51.9 Å². The Balaban J connectivity index is 1.78. The van der Waals surface area contributed by atoms with Gasteiger partial charge in [-0.15, -0.1) is 0 Å². The highest BCUT2D eigenvalue weighted by atomic mass is 15.2. The number of nitrogens with two attached hydrogens (primary N) is 1. The molecule has 23 heavy (non-hydrogen) atoms. The smallest absolute Gasteiger partial charge is 0.0446 e. The van der Waals surface area contributed by atoms with Gasteiger partial charge in [-0.1, -0.05) is 30.3 Å². The molecule has 2 fully saturated rings. The second kappa shape index (κ2) is 6.48. The molecule has 2 atom stereocenters. The van der Waals surface area contributed by atoms with Crippen molar-refractivity contribution in [1.29, 1.82) is 0 Å². The monoisotopic (exact) mass is 310 g/mol. The maximum atomic E-state index is 6.42. The Bertz CT molecular complexity index is 678. The molecule has 2 saturated heterocycles. The van der Waals surface area contributed by atoms with Crippen molar-refractivity contribution >= 4 is 16.5 Å². The molecule has 122 valence electrons. The van der Waals surface area contributed by atoms with E-state index < -0.39 is 0 Å². The first-order chi connectivity index (χ1) is 11.3. The van der Waals surface area contributed by atoms with Crippen LogP contribution in [0.5, 0.6) is 0 Å². The molecular weight excluding hydrogens is 284 g/mol. The number of fused-ring (bicyclic) bond motifs is 1. The minimum atomic E-state index is 0.254. The van der Waals surface area contributed by atoms with Crippen LogP contribution in [0, 0.1) is 0 Å². The van der Waals surface area contributed by atoms with Crippen LogP contribution < -0.4 is 21.3 Å². The third-order valence-corrected chi connectivity index (χ3v) is 5.33. The third-order valence-electron chi connectivity index (χ3n) is 5.33. The number of rotatable bonds is 2. The van der Waals surface area contributed by atoms with Crippen LogP contribution in [0.2, 0.25) is 0 Å². The van der Waals surface area contributed by atoms with E-state index in [1.807, 2.05) is 0 Å². The lowest BCUT2D eigenvalue weighted by Gasteiger charge is -2.33. The number of piperidine rings is 1. The summed E-state index contributed by atoms with van der Waals surface area (Å²) in [5, 5.41) is 9.68. The maximum Gasteiger partial charge on any atom is 0.0446 e. The van der Waals surface area contributed by atoms with Gasteiger partial charge >= 0.3 is 0 Å². The fourth-order valence-electron chi connectivity index (χ4n) is 4.03. The topological polar surface area (TPSA) is 53.3 Å². The van der Waals surface area contributed by atoms with Crippen molar-refractivity contribution in [3.63, 3.8) is 0 Å². The molecule has 0 aromatic heterocycles. The molecule has 2 aromatic carbocycles. The quantitative estimate of drug-likeness (QED) is 0.789. The highest BCUT2D eigenvalue weighted by Gasteiger charge is 2.25. The first kappa shape index (κ1) is 14.9. The summed E-state index contributed by atoms with van der Waals surface area (Å²) in [6.07, 6.45) is 1.05. The highest BCUT2D eigenvalue weighted by Crippen LogP contribution is 2.35. The maximum absolute atomic E-state index is 6.42. The minimum Gasteiger partial charge on any atom is -0.368 e. The second-order valence-electron chi connectivity index (χ2n) is 6.72. The molecule has 0 saturated carbocycles. The van der Waals surface area contributed by atoms with Gasteiger partial charge in [0.05, 0.1) is 0 Å². The van der Waals surface area contributed by atoms with E-state index in [-0.39, 0.29) is 6.04 Å². The van der Waals surface area contributed by atoms with Crippen molar-refractivity contribution in [1.82, 2.24) is 10.6 Å². The Kier molecular flexibility index (Phi) is 4.21. The molecule has 4 N–H and O–H groups in total. The first-order valence-corrected chi connectivity index (χ1v) is 8.78. The van der Waals surface area contributed by atoms with Gasteiger partial charge in [-0.3, -0.25) is 0 Å². The van der Waals surface area contributed by atoms with E-state index in [0.29, 0.717) is 5.92 Å². The molecule has 0 radical (unpaired) electrons. The number of anilines is 1. The molecular formula is C19H26N4. The lowest BCUT2D eigenvalue weighted by Crippen LogP contribution is -2.44. The molecule has 2 aliphatic rings. The number of nitrogens with zero attached hydrogens (tertiary/aromatic N) is 1. The van der Waals surface area contributed by atoms with Crippen LogP contribution in [0.4, 0.5) is 5.69 Å². The van der Waals surface area contributed by atoms with E-state index in [0.717, 1.165) is 45.7 Å². The molecule has 4 heteroatoms. The predicted octanol–water partition coefficient (Wildman–Crippen LogP) is 1.65. The highest BCUT2D eigenvalue weighted by molar-refractivity contribution is 5.97. The third kappa shape index (κ3) is 2.82. The Morgan fingerprint density at radius 2 is 1.70 bits per heavy atom. The van der Waals surface area contributed by atoms with Gasteiger partial charge in [0.1, 0.15) is 0 Å². The Labute approximate surface area is 138 Å². The van der Waals surface area contributed by atoms with Crippen molar-refractivity contribution in [3.8, 4) is 0 Å². The van der Waals surface area contributed by atoms with E-state index in [4.69, 9.17) is 5.73 Å². The standard InChI is InChI=1S/C19H26N4/c20-18-7-8-22-13-17(18)15-5-6-19(23-11-9-21-10-12-23)16-4-2-1-3-14(15)16/h1-6,17-18,21-22H,7-13,20H2. The van der Waals surface area contributed by atoms with Crippen molar-refractivity contribution in [2.45, 2.75) is 18.4 Å². The summed E-state index contributed by atoms with van der Waals surface area (Å²) in [4.78, 5) is 2.50. The Morgan fingerprint density at radius 1 is 0.913 bits per heavy atom. The van der Waals surface area contributed by atoms with Gasteiger partial charge in [-0.05, 0) is 30.0 Å². The van der Waals surface area contributed by atoms with Crippen LogP contribution in [0.25, 0.3) is 10.8 Å². The summed E-state index contributed by atoms with van der Waals surface area (Å²) >= 11 is 0. The Hall–Kier alpha value is -1.62.